The molecule has 1 saturated heterocycles. The van der Waals surface area contributed by atoms with Crippen LogP contribution < -0.4 is 0 Å². The average Bonchev–Trinajstić information content (AvgIpc) is 2.55. The van der Waals surface area contributed by atoms with E-state index < -0.39 is 37.9 Å². The summed E-state index contributed by atoms with van der Waals surface area (Å²) in [6, 6.07) is 0. The maximum atomic E-state index is 11.8. The number of hydrogen-bond acceptors (Lipinski definition) is 7. The van der Waals surface area contributed by atoms with Gasteiger partial charge in [0.1, 0.15) is 0 Å². The van der Waals surface area contributed by atoms with Crippen molar-refractivity contribution in [2.24, 2.45) is 0 Å². The van der Waals surface area contributed by atoms with Crippen molar-refractivity contribution in [3.05, 3.63) is 0 Å². The van der Waals surface area contributed by atoms with Crippen molar-refractivity contribution in [1.82, 2.24) is 5.06 Å². The number of imide groups is 1. The lowest BCUT2D eigenvalue weighted by molar-refractivity contribution is -0.197. The van der Waals surface area contributed by atoms with Crippen LogP contribution in [0.3, 0.4) is 0 Å². The maximum absolute atomic E-state index is 11.8. The summed E-state index contributed by atoms with van der Waals surface area (Å²) in [5.74, 6) is -2.86. The minimum absolute atomic E-state index is 0.110. The second kappa shape index (κ2) is 5.70. The molecule has 1 fully saturated rings. The Bertz CT molecular complexity index is 518. The van der Waals surface area contributed by atoms with Crippen molar-refractivity contribution in [1.29, 1.82) is 0 Å². The molecular formula is C10H15NO7S2. The van der Waals surface area contributed by atoms with Crippen LogP contribution in [-0.4, -0.2) is 45.8 Å². The molecule has 1 aliphatic rings. The van der Waals surface area contributed by atoms with E-state index in [1.165, 1.54) is 13.8 Å². The first-order valence-corrected chi connectivity index (χ1v) is 7.63. The van der Waals surface area contributed by atoms with Gasteiger partial charge >= 0.3 is 5.97 Å². The molecule has 2 amide bonds. The summed E-state index contributed by atoms with van der Waals surface area (Å²) >= 11 is 4.07. The van der Waals surface area contributed by atoms with Crippen molar-refractivity contribution in [2.45, 2.75) is 43.1 Å². The molecule has 0 radical (unpaired) electrons. The highest BCUT2D eigenvalue weighted by Crippen LogP contribution is 2.24. The number of carbonyl (C=O) groups is 3. The van der Waals surface area contributed by atoms with Gasteiger partial charge in [0.15, 0.2) is 5.25 Å². The van der Waals surface area contributed by atoms with Crippen LogP contribution in [0, 0.1) is 0 Å². The summed E-state index contributed by atoms with van der Waals surface area (Å²) in [7, 11) is -4.75. The summed E-state index contributed by atoms with van der Waals surface area (Å²) in [4.78, 5) is 38.8. The van der Waals surface area contributed by atoms with Gasteiger partial charge in [0, 0.05) is 17.6 Å². The number of amides is 2. The second-order valence-electron chi connectivity index (χ2n) is 5.01. The van der Waals surface area contributed by atoms with Crippen LogP contribution in [0.5, 0.6) is 0 Å². The Balaban J connectivity index is 2.90. The van der Waals surface area contributed by atoms with Crippen molar-refractivity contribution < 1.29 is 32.2 Å². The molecular weight excluding hydrogens is 310 g/mol. The molecule has 0 aliphatic carbocycles. The van der Waals surface area contributed by atoms with Gasteiger partial charge in [0.25, 0.3) is 21.9 Å². The largest absolute Gasteiger partial charge is 0.353 e. The Kier molecular flexibility index (Phi) is 4.82. The Labute approximate surface area is 121 Å². The third-order valence-electron chi connectivity index (χ3n) is 2.49. The van der Waals surface area contributed by atoms with Gasteiger partial charge in [-0.2, -0.15) is 21.0 Å². The van der Waals surface area contributed by atoms with E-state index in [0.717, 1.165) is 0 Å². The van der Waals surface area contributed by atoms with Crippen molar-refractivity contribution in [2.75, 3.05) is 0 Å². The van der Waals surface area contributed by atoms with Crippen molar-refractivity contribution >= 4 is 40.5 Å². The van der Waals surface area contributed by atoms with Gasteiger partial charge in [-0.15, -0.1) is 5.06 Å². The minimum Gasteiger partial charge on any atom is -0.329 e. The molecule has 10 heteroatoms. The molecule has 1 heterocycles. The number of nitrogens with zero attached hydrogens (tertiary/aromatic N) is 1. The number of rotatable bonds is 5. The second-order valence-corrected chi connectivity index (χ2v) is 7.82. The smallest absolute Gasteiger partial charge is 0.329 e. The topological polar surface area (TPSA) is 118 Å². The molecule has 0 aromatic heterocycles. The van der Waals surface area contributed by atoms with Gasteiger partial charge in [-0.3, -0.25) is 14.1 Å². The SMILES string of the molecule is CC(C)(S)CC(C(=O)ON1C(=O)CCC1=O)S(=O)(=O)O. The van der Waals surface area contributed by atoms with E-state index in [0.29, 0.717) is 0 Å². The Morgan fingerprint density at radius 3 is 2.20 bits per heavy atom. The minimum atomic E-state index is -4.75. The molecule has 0 aromatic carbocycles. The fourth-order valence-corrected chi connectivity index (χ4v) is 2.79. The van der Waals surface area contributed by atoms with Gasteiger partial charge in [0.05, 0.1) is 0 Å². The number of thiol groups is 1. The predicted octanol–water partition coefficient (Wildman–Crippen LogP) is -0.0515. The quantitative estimate of drug-likeness (QED) is 0.413. The van der Waals surface area contributed by atoms with Crippen LogP contribution >= 0.6 is 12.6 Å². The zero-order valence-corrected chi connectivity index (χ0v) is 12.6. The fourth-order valence-electron chi connectivity index (χ4n) is 1.57. The van der Waals surface area contributed by atoms with Crippen LogP contribution in [0.15, 0.2) is 0 Å². The molecule has 1 N–H and O–H groups in total. The van der Waals surface area contributed by atoms with Crippen LogP contribution in [0.25, 0.3) is 0 Å². The van der Waals surface area contributed by atoms with E-state index in [9.17, 15) is 22.8 Å². The molecule has 1 unspecified atom stereocenters. The Hall–Kier alpha value is -1.13. The normalized spacial score (nSPS) is 18.3. The monoisotopic (exact) mass is 325 g/mol. The summed E-state index contributed by atoms with van der Waals surface area (Å²) in [6.45, 7) is 3.07. The number of hydroxylamine groups is 2. The van der Waals surface area contributed by atoms with E-state index in [2.05, 4.69) is 17.5 Å². The highest BCUT2D eigenvalue weighted by molar-refractivity contribution is 7.87. The van der Waals surface area contributed by atoms with Gasteiger partial charge in [0.2, 0.25) is 0 Å². The molecule has 0 aromatic rings. The van der Waals surface area contributed by atoms with E-state index >= 15 is 0 Å². The Morgan fingerprint density at radius 1 is 1.40 bits per heavy atom. The van der Waals surface area contributed by atoms with Gasteiger partial charge < -0.3 is 4.84 Å². The van der Waals surface area contributed by atoms with Crippen LogP contribution in [0.4, 0.5) is 0 Å². The summed E-state index contributed by atoms with van der Waals surface area (Å²) in [5.41, 5.74) is 0. The first-order chi connectivity index (χ1) is 8.92. The lowest BCUT2D eigenvalue weighted by Gasteiger charge is -2.23. The van der Waals surface area contributed by atoms with E-state index in [1.807, 2.05) is 0 Å². The third kappa shape index (κ3) is 4.46. The summed E-state index contributed by atoms with van der Waals surface area (Å²) < 4.78 is 30.6. The molecule has 0 spiro atoms. The maximum Gasteiger partial charge on any atom is 0.353 e. The third-order valence-corrected chi connectivity index (χ3v) is 3.76. The fraction of sp³-hybridized carbons (Fsp3) is 0.700. The van der Waals surface area contributed by atoms with E-state index in [-0.39, 0.29) is 24.3 Å². The van der Waals surface area contributed by atoms with Crippen LogP contribution in [0.1, 0.15) is 33.1 Å². The van der Waals surface area contributed by atoms with Gasteiger partial charge in [-0.1, -0.05) is 13.8 Å². The first-order valence-electron chi connectivity index (χ1n) is 5.68. The highest BCUT2D eigenvalue weighted by Gasteiger charge is 2.41. The molecule has 1 atom stereocenters. The lowest BCUT2D eigenvalue weighted by Crippen LogP contribution is -2.41. The van der Waals surface area contributed by atoms with Crippen molar-refractivity contribution in [3.63, 3.8) is 0 Å². The first kappa shape index (κ1) is 16.9. The van der Waals surface area contributed by atoms with Gasteiger partial charge in [-0.25, -0.2) is 4.79 Å². The number of carbonyl (C=O) groups excluding carboxylic acids is 3. The highest BCUT2D eigenvalue weighted by atomic mass is 32.2. The lowest BCUT2D eigenvalue weighted by atomic mass is 10.1. The van der Waals surface area contributed by atoms with E-state index in [4.69, 9.17) is 4.55 Å². The molecule has 0 saturated carbocycles. The predicted molar refractivity (Wildman–Crippen MR) is 70.2 cm³/mol. The number of hydrogen-bond donors (Lipinski definition) is 2. The zero-order chi connectivity index (χ0) is 15.7. The molecule has 20 heavy (non-hydrogen) atoms. The van der Waals surface area contributed by atoms with Crippen LogP contribution in [-0.2, 0) is 29.3 Å². The molecule has 8 nitrogen and oxygen atoms in total. The molecule has 0 bridgehead atoms. The summed E-state index contributed by atoms with van der Waals surface area (Å²) in [6.07, 6.45) is -0.564. The molecule has 114 valence electrons. The summed E-state index contributed by atoms with van der Waals surface area (Å²) in [5, 5.41) is -1.69. The van der Waals surface area contributed by atoms with Crippen LogP contribution in [0.2, 0.25) is 0 Å². The standard InChI is InChI=1S/C10H15NO7S2/c1-10(2,19)5-6(20(15,16)17)9(14)18-11-7(12)3-4-8(11)13/h6,19H,3-5H2,1-2H3,(H,15,16,17). The molecule has 1 rings (SSSR count). The zero-order valence-electron chi connectivity index (χ0n) is 10.9. The average molecular weight is 325 g/mol. The van der Waals surface area contributed by atoms with Crippen molar-refractivity contribution in [3.8, 4) is 0 Å². The Morgan fingerprint density at radius 2 is 1.85 bits per heavy atom. The molecule has 1 aliphatic heterocycles. The van der Waals surface area contributed by atoms with E-state index in [1.54, 1.807) is 0 Å². The van der Waals surface area contributed by atoms with Gasteiger partial charge in [-0.05, 0) is 6.42 Å².